The first-order valence-electron chi connectivity index (χ1n) is 9.91. The third kappa shape index (κ3) is 4.64. The van der Waals surface area contributed by atoms with E-state index in [0.29, 0.717) is 24.4 Å². The average molecular weight is 433 g/mol. The van der Waals surface area contributed by atoms with Crippen molar-refractivity contribution in [2.75, 3.05) is 0 Å². The third-order valence-corrected chi connectivity index (χ3v) is 5.38. The van der Waals surface area contributed by atoms with Crippen LogP contribution in [0.1, 0.15) is 42.9 Å². The van der Waals surface area contributed by atoms with Crippen molar-refractivity contribution in [1.29, 1.82) is 0 Å². The summed E-state index contributed by atoms with van der Waals surface area (Å²) >= 11 is 0. The van der Waals surface area contributed by atoms with E-state index < -0.39 is 6.10 Å². The minimum atomic E-state index is -0.543. The second-order valence-electron chi connectivity index (χ2n) is 7.43. The second-order valence-corrected chi connectivity index (χ2v) is 7.43. The Hall–Kier alpha value is -2.48. The summed E-state index contributed by atoms with van der Waals surface area (Å²) < 4.78 is 20.9. The molecule has 1 heterocycles. The molecule has 2 aromatic carbocycles. The molecule has 1 fully saturated rings. The highest BCUT2D eigenvalue weighted by Gasteiger charge is 2.35. The normalized spacial score (nSPS) is 20.7. The van der Waals surface area contributed by atoms with Gasteiger partial charge in [0.25, 0.3) is 0 Å². The lowest BCUT2D eigenvalue weighted by molar-refractivity contribution is 0.163. The molecule has 1 aliphatic rings. The quantitative estimate of drug-likeness (QED) is 0.622. The average Bonchev–Trinajstić information content (AvgIpc) is 3.29. The molecule has 0 saturated heterocycles. The molecule has 1 aromatic heterocycles. The number of nitrogens with two attached hydrogens (primary N) is 1. The first-order valence-corrected chi connectivity index (χ1v) is 9.91. The van der Waals surface area contributed by atoms with E-state index >= 15 is 0 Å². The summed E-state index contributed by atoms with van der Waals surface area (Å²) in [5.41, 5.74) is 8.15. The molecule has 0 amide bonds. The highest BCUT2D eigenvalue weighted by Crippen LogP contribution is 2.34. The summed E-state index contributed by atoms with van der Waals surface area (Å²) in [5.74, 6) is 1.36. The van der Waals surface area contributed by atoms with E-state index in [9.17, 15) is 9.50 Å². The van der Waals surface area contributed by atoms with Crippen LogP contribution in [-0.2, 0) is 13.0 Å². The number of ether oxygens (including phenoxy) is 1. The van der Waals surface area contributed by atoms with Crippen molar-refractivity contribution >= 4 is 12.4 Å². The fourth-order valence-electron chi connectivity index (χ4n) is 3.85. The second kappa shape index (κ2) is 9.55. The Kier molecular flexibility index (Phi) is 7.07. The van der Waals surface area contributed by atoms with Crippen LogP contribution in [0, 0.1) is 5.82 Å². The van der Waals surface area contributed by atoms with Crippen molar-refractivity contribution in [3.05, 3.63) is 71.6 Å². The largest absolute Gasteiger partial charge is 0.485 e. The SMILES string of the molecule is CCc1ccccc1-n1nc(COc2cccc(F)c2)nc1[C@H]1C[C@@H](N)[C@H](O)C1.Cl. The highest BCUT2D eigenvalue weighted by molar-refractivity contribution is 5.85. The Morgan fingerprint density at radius 2 is 2.00 bits per heavy atom. The molecular formula is C22H26ClFN4O2. The van der Waals surface area contributed by atoms with Crippen LogP contribution in [0.2, 0.25) is 0 Å². The first-order chi connectivity index (χ1) is 14.0. The number of aliphatic hydroxyl groups excluding tert-OH is 1. The lowest BCUT2D eigenvalue weighted by Gasteiger charge is -2.13. The van der Waals surface area contributed by atoms with Crippen molar-refractivity contribution in [3.8, 4) is 11.4 Å². The van der Waals surface area contributed by atoms with Gasteiger partial charge in [-0.15, -0.1) is 17.5 Å². The van der Waals surface area contributed by atoms with Gasteiger partial charge in [0.1, 0.15) is 24.0 Å². The number of aryl methyl sites for hydroxylation is 1. The van der Waals surface area contributed by atoms with Crippen LogP contribution in [0.5, 0.6) is 5.75 Å². The lowest BCUT2D eigenvalue weighted by atomic mass is 10.1. The van der Waals surface area contributed by atoms with Crippen LogP contribution < -0.4 is 10.5 Å². The van der Waals surface area contributed by atoms with E-state index in [1.54, 1.807) is 12.1 Å². The molecule has 1 aliphatic carbocycles. The number of hydrogen-bond donors (Lipinski definition) is 2. The van der Waals surface area contributed by atoms with Crippen molar-refractivity contribution in [3.63, 3.8) is 0 Å². The van der Waals surface area contributed by atoms with Crippen molar-refractivity contribution in [2.24, 2.45) is 5.73 Å². The molecule has 8 heteroatoms. The van der Waals surface area contributed by atoms with Crippen molar-refractivity contribution < 1.29 is 14.2 Å². The molecule has 1 saturated carbocycles. The molecule has 160 valence electrons. The molecule has 0 unspecified atom stereocenters. The zero-order chi connectivity index (χ0) is 20.4. The Labute approximate surface area is 181 Å². The van der Waals surface area contributed by atoms with Gasteiger partial charge >= 0.3 is 0 Å². The molecule has 6 nitrogen and oxygen atoms in total. The molecule has 3 N–H and O–H groups in total. The molecule has 0 aliphatic heterocycles. The van der Waals surface area contributed by atoms with E-state index in [0.717, 1.165) is 23.5 Å². The molecule has 0 spiro atoms. The van der Waals surface area contributed by atoms with E-state index in [1.165, 1.54) is 12.1 Å². The maximum absolute atomic E-state index is 13.4. The van der Waals surface area contributed by atoms with Gasteiger partial charge in [-0.25, -0.2) is 14.1 Å². The minimum absolute atomic E-state index is 0. The fraction of sp³-hybridized carbons (Fsp3) is 0.364. The van der Waals surface area contributed by atoms with Crippen molar-refractivity contribution in [2.45, 2.75) is 50.9 Å². The van der Waals surface area contributed by atoms with Gasteiger partial charge in [-0.3, -0.25) is 0 Å². The zero-order valence-electron chi connectivity index (χ0n) is 16.7. The van der Waals surface area contributed by atoms with E-state index in [4.69, 9.17) is 15.5 Å². The summed E-state index contributed by atoms with van der Waals surface area (Å²) in [5, 5.41) is 14.8. The van der Waals surface area contributed by atoms with Crippen LogP contribution in [0.4, 0.5) is 4.39 Å². The topological polar surface area (TPSA) is 86.2 Å². The maximum Gasteiger partial charge on any atom is 0.188 e. The number of para-hydroxylation sites is 1. The summed E-state index contributed by atoms with van der Waals surface area (Å²) in [4.78, 5) is 4.72. The molecule has 3 atom stereocenters. The van der Waals surface area contributed by atoms with E-state index in [1.807, 2.05) is 22.9 Å². The first kappa shape index (κ1) is 22.2. The van der Waals surface area contributed by atoms with Gasteiger partial charge < -0.3 is 15.6 Å². The van der Waals surface area contributed by atoms with Gasteiger partial charge in [0.2, 0.25) is 0 Å². The third-order valence-electron chi connectivity index (χ3n) is 5.38. The Morgan fingerprint density at radius 3 is 2.70 bits per heavy atom. The number of hydrogen-bond acceptors (Lipinski definition) is 5. The highest BCUT2D eigenvalue weighted by atomic mass is 35.5. The number of benzene rings is 2. The van der Waals surface area contributed by atoms with Gasteiger partial charge in [-0.2, -0.15) is 0 Å². The van der Waals surface area contributed by atoms with Gasteiger partial charge in [-0.05, 0) is 43.0 Å². The summed E-state index contributed by atoms with van der Waals surface area (Å²) in [6.45, 7) is 2.22. The molecule has 4 rings (SSSR count). The van der Waals surface area contributed by atoms with E-state index in [-0.39, 0.29) is 36.8 Å². The van der Waals surface area contributed by atoms with Crippen LogP contribution in [0.25, 0.3) is 5.69 Å². The molecule has 30 heavy (non-hydrogen) atoms. The molecule has 3 aromatic rings. The summed E-state index contributed by atoms with van der Waals surface area (Å²) in [6, 6.07) is 13.8. The van der Waals surface area contributed by atoms with Gasteiger partial charge in [0.05, 0.1) is 11.8 Å². The molecule has 0 radical (unpaired) electrons. The minimum Gasteiger partial charge on any atom is -0.485 e. The van der Waals surface area contributed by atoms with Gasteiger partial charge in [-0.1, -0.05) is 31.2 Å². The summed E-state index contributed by atoms with van der Waals surface area (Å²) in [6.07, 6.45) is 1.52. The maximum atomic E-state index is 13.4. The van der Waals surface area contributed by atoms with E-state index in [2.05, 4.69) is 18.1 Å². The zero-order valence-corrected chi connectivity index (χ0v) is 17.6. The monoisotopic (exact) mass is 432 g/mol. The van der Waals surface area contributed by atoms with Gasteiger partial charge in [0, 0.05) is 18.0 Å². The lowest BCUT2D eigenvalue weighted by Crippen LogP contribution is -2.28. The number of aliphatic hydroxyl groups is 1. The summed E-state index contributed by atoms with van der Waals surface area (Å²) in [7, 11) is 0. The Balaban J connectivity index is 0.00000256. The number of halogens is 2. The van der Waals surface area contributed by atoms with Crippen LogP contribution in [0.15, 0.2) is 48.5 Å². The standard InChI is InChI=1S/C22H25FN4O2.ClH/c1-2-14-6-3-4-9-19(14)27-22(15-10-18(24)20(28)11-15)25-21(26-27)13-29-17-8-5-7-16(23)12-17;/h3-9,12,15,18,20,28H,2,10-11,13,24H2,1H3;1H/t15-,18+,20+;/m0./s1. The predicted octanol–water partition coefficient (Wildman–Crippen LogP) is 3.54. The van der Waals surface area contributed by atoms with Crippen molar-refractivity contribution in [1.82, 2.24) is 14.8 Å². The van der Waals surface area contributed by atoms with Gasteiger partial charge in [0.15, 0.2) is 5.82 Å². The number of aromatic nitrogens is 3. The van der Waals surface area contributed by atoms with Crippen LogP contribution >= 0.6 is 12.4 Å². The van der Waals surface area contributed by atoms with Crippen LogP contribution in [0.3, 0.4) is 0 Å². The number of rotatable bonds is 6. The molecule has 0 bridgehead atoms. The Morgan fingerprint density at radius 1 is 1.20 bits per heavy atom. The predicted molar refractivity (Wildman–Crippen MR) is 115 cm³/mol. The smallest absolute Gasteiger partial charge is 0.188 e. The fourth-order valence-corrected chi connectivity index (χ4v) is 3.85. The number of nitrogens with zero attached hydrogens (tertiary/aromatic N) is 3. The molecular weight excluding hydrogens is 407 g/mol. The van der Waals surface area contributed by atoms with Crippen LogP contribution in [-0.4, -0.2) is 32.0 Å². The Bertz CT molecular complexity index is 987.